The molecule has 0 fully saturated rings. The Morgan fingerprint density at radius 1 is 1.58 bits per heavy atom. The molecule has 1 aromatic rings. The van der Waals surface area contributed by atoms with E-state index >= 15 is 0 Å². The van der Waals surface area contributed by atoms with Gasteiger partial charge in [0.05, 0.1) is 12.3 Å². The van der Waals surface area contributed by atoms with Crippen LogP contribution in [-0.2, 0) is 9.07 Å². The van der Waals surface area contributed by atoms with Crippen LogP contribution in [0.3, 0.4) is 0 Å². The molecule has 0 aliphatic heterocycles. The van der Waals surface area contributed by atoms with Crippen LogP contribution in [0.25, 0.3) is 0 Å². The maximum atomic E-state index is 5.91. The second kappa shape index (κ2) is 4.03. The molecule has 0 saturated heterocycles. The van der Waals surface area contributed by atoms with Crippen LogP contribution in [0.2, 0.25) is 0 Å². The number of rotatable bonds is 3. The first-order chi connectivity index (χ1) is 5.67. The first kappa shape index (κ1) is 9.71. The molecule has 0 aliphatic rings. The number of halogens is 2. The zero-order chi connectivity index (χ0) is 9.03. The average Bonchev–Trinajstić information content (AvgIpc) is 2.06. The summed E-state index contributed by atoms with van der Waals surface area (Å²) in [4.78, 5) is 7.66. The van der Waals surface area contributed by atoms with Gasteiger partial charge < -0.3 is 4.74 Å². The van der Waals surface area contributed by atoms with Crippen LogP contribution < -0.4 is 0 Å². The van der Waals surface area contributed by atoms with E-state index in [-0.39, 0.29) is 6.61 Å². The third kappa shape index (κ3) is 2.30. The molecular formula is C7H8Cl2N2O. The predicted molar refractivity (Wildman–Crippen MR) is 47.3 cm³/mol. The quantitative estimate of drug-likeness (QED) is 0.708. The lowest BCUT2D eigenvalue weighted by Crippen LogP contribution is -2.18. The van der Waals surface area contributed by atoms with Gasteiger partial charge in [0, 0.05) is 13.3 Å². The van der Waals surface area contributed by atoms with Gasteiger partial charge in [0.2, 0.25) is 0 Å². The minimum Gasteiger partial charge on any atom is -0.381 e. The standard InChI is InChI=1S/C7H8Cl2N2O/c1-12-4-7(8,9)6-2-3-10-5-11-6/h2-3,5H,4H2,1H3. The van der Waals surface area contributed by atoms with E-state index in [1.807, 2.05) is 0 Å². The molecular weight excluding hydrogens is 199 g/mol. The molecule has 0 unspecified atom stereocenters. The molecule has 0 amide bonds. The monoisotopic (exact) mass is 206 g/mol. The molecule has 0 bridgehead atoms. The van der Waals surface area contributed by atoms with Crippen LogP contribution in [0.15, 0.2) is 18.6 Å². The molecule has 0 N–H and O–H groups in total. The van der Waals surface area contributed by atoms with Crippen molar-refractivity contribution >= 4 is 23.2 Å². The van der Waals surface area contributed by atoms with Crippen LogP contribution in [-0.4, -0.2) is 23.7 Å². The van der Waals surface area contributed by atoms with E-state index in [4.69, 9.17) is 27.9 Å². The van der Waals surface area contributed by atoms with Crippen LogP contribution in [0, 0.1) is 0 Å². The molecule has 0 spiro atoms. The fourth-order valence-electron chi connectivity index (χ4n) is 0.762. The Kier molecular flexibility index (Phi) is 3.26. The van der Waals surface area contributed by atoms with Crippen molar-refractivity contribution < 1.29 is 4.74 Å². The number of hydrogen-bond acceptors (Lipinski definition) is 3. The summed E-state index contributed by atoms with van der Waals surface area (Å²) >= 11 is 11.8. The van der Waals surface area contributed by atoms with E-state index in [0.29, 0.717) is 5.69 Å². The Labute approximate surface area is 80.7 Å². The molecule has 0 atom stereocenters. The van der Waals surface area contributed by atoms with Gasteiger partial charge in [-0.25, -0.2) is 9.97 Å². The average molecular weight is 207 g/mol. The topological polar surface area (TPSA) is 35.0 Å². The molecule has 5 heteroatoms. The van der Waals surface area contributed by atoms with Gasteiger partial charge in [0.1, 0.15) is 6.33 Å². The molecule has 1 aromatic heterocycles. The van der Waals surface area contributed by atoms with Gasteiger partial charge in [-0.3, -0.25) is 0 Å². The molecule has 1 heterocycles. The van der Waals surface area contributed by atoms with E-state index in [1.165, 1.54) is 13.4 Å². The Morgan fingerprint density at radius 2 is 2.33 bits per heavy atom. The SMILES string of the molecule is COCC(Cl)(Cl)c1ccncn1. The molecule has 12 heavy (non-hydrogen) atoms. The summed E-state index contributed by atoms with van der Waals surface area (Å²) in [5.41, 5.74) is 0.544. The molecule has 0 saturated carbocycles. The summed E-state index contributed by atoms with van der Waals surface area (Å²) in [5.74, 6) is 0. The van der Waals surface area contributed by atoms with Gasteiger partial charge in [-0.15, -0.1) is 0 Å². The van der Waals surface area contributed by atoms with Crippen molar-refractivity contribution in [3.8, 4) is 0 Å². The van der Waals surface area contributed by atoms with E-state index in [2.05, 4.69) is 9.97 Å². The van der Waals surface area contributed by atoms with Gasteiger partial charge >= 0.3 is 0 Å². The first-order valence-electron chi connectivity index (χ1n) is 3.30. The minimum absolute atomic E-state index is 0.202. The van der Waals surface area contributed by atoms with E-state index in [9.17, 15) is 0 Å². The van der Waals surface area contributed by atoms with Crippen LogP contribution in [0.5, 0.6) is 0 Å². The summed E-state index contributed by atoms with van der Waals surface area (Å²) in [7, 11) is 1.53. The highest BCUT2D eigenvalue weighted by Crippen LogP contribution is 2.31. The smallest absolute Gasteiger partial charge is 0.182 e. The van der Waals surface area contributed by atoms with Crippen molar-refractivity contribution in [2.75, 3.05) is 13.7 Å². The highest BCUT2D eigenvalue weighted by Gasteiger charge is 2.27. The van der Waals surface area contributed by atoms with Crippen LogP contribution in [0.1, 0.15) is 5.69 Å². The number of ether oxygens (including phenoxy) is 1. The lowest BCUT2D eigenvalue weighted by Gasteiger charge is -2.16. The van der Waals surface area contributed by atoms with E-state index < -0.39 is 4.33 Å². The van der Waals surface area contributed by atoms with Gasteiger partial charge in [-0.1, -0.05) is 23.2 Å². The largest absolute Gasteiger partial charge is 0.381 e. The molecule has 3 nitrogen and oxygen atoms in total. The van der Waals surface area contributed by atoms with Gasteiger partial charge in [-0.2, -0.15) is 0 Å². The Bertz CT molecular complexity index is 240. The van der Waals surface area contributed by atoms with Crippen molar-refractivity contribution in [2.45, 2.75) is 4.33 Å². The van der Waals surface area contributed by atoms with E-state index in [0.717, 1.165) is 0 Å². The highest BCUT2D eigenvalue weighted by molar-refractivity contribution is 6.48. The second-order valence-electron chi connectivity index (χ2n) is 2.23. The summed E-state index contributed by atoms with van der Waals surface area (Å²) in [6.07, 6.45) is 2.97. The first-order valence-corrected chi connectivity index (χ1v) is 4.05. The maximum absolute atomic E-state index is 5.91. The fourth-order valence-corrected chi connectivity index (χ4v) is 1.20. The van der Waals surface area contributed by atoms with Crippen molar-refractivity contribution in [1.29, 1.82) is 0 Å². The van der Waals surface area contributed by atoms with Crippen molar-refractivity contribution in [1.82, 2.24) is 9.97 Å². The summed E-state index contributed by atoms with van der Waals surface area (Å²) in [6.45, 7) is 0.202. The molecule has 0 radical (unpaired) electrons. The lowest BCUT2D eigenvalue weighted by atomic mass is 10.3. The highest BCUT2D eigenvalue weighted by atomic mass is 35.5. The van der Waals surface area contributed by atoms with Crippen molar-refractivity contribution in [2.24, 2.45) is 0 Å². The van der Waals surface area contributed by atoms with Gasteiger partial charge in [0.25, 0.3) is 0 Å². The zero-order valence-corrected chi connectivity index (χ0v) is 8.01. The Morgan fingerprint density at radius 3 is 2.83 bits per heavy atom. The number of aromatic nitrogens is 2. The summed E-state index contributed by atoms with van der Waals surface area (Å²) < 4.78 is 3.75. The number of hydrogen-bond donors (Lipinski definition) is 0. The third-order valence-corrected chi connectivity index (χ3v) is 1.89. The number of alkyl halides is 2. The van der Waals surface area contributed by atoms with Crippen molar-refractivity contribution in [3.05, 3.63) is 24.3 Å². The normalized spacial score (nSPS) is 11.6. The van der Waals surface area contributed by atoms with Crippen LogP contribution >= 0.6 is 23.2 Å². The molecule has 1 rings (SSSR count). The predicted octanol–water partition coefficient (Wildman–Crippen LogP) is 1.75. The molecule has 0 aromatic carbocycles. The molecule has 66 valence electrons. The minimum atomic E-state index is -1.09. The number of methoxy groups -OCH3 is 1. The van der Waals surface area contributed by atoms with Crippen molar-refractivity contribution in [3.63, 3.8) is 0 Å². The van der Waals surface area contributed by atoms with Gasteiger partial charge in [-0.05, 0) is 6.07 Å². The molecule has 0 aliphatic carbocycles. The van der Waals surface area contributed by atoms with Crippen LogP contribution in [0.4, 0.5) is 0 Å². The summed E-state index contributed by atoms with van der Waals surface area (Å²) in [6, 6.07) is 1.65. The lowest BCUT2D eigenvalue weighted by molar-refractivity contribution is 0.187. The third-order valence-electron chi connectivity index (χ3n) is 1.28. The Balaban J connectivity index is 2.82. The van der Waals surface area contributed by atoms with E-state index in [1.54, 1.807) is 12.3 Å². The number of nitrogens with zero attached hydrogens (tertiary/aromatic N) is 2. The van der Waals surface area contributed by atoms with Gasteiger partial charge in [0.15, 0.2) is 4.33 Å². The summed E-state index contributed by atoms with van der Waals surface area (Å²) in [5, 5.41) is 0. The fraction of sp³-hybridized carbons (Fsp3) is 0.429. The Hall–Kier alpha value is -0.380. The maximum Gasteiger partial charge on any atom is 0.182 e. The second-order valence-corrected chi connectivity index (χ2v) is 3.72. The zero-order valence-electron chi connectivity index (χ0n) is 6.50.